The number of carbonyl (C=O) groups excluding carboxylic acids is 2. The molecule has 2 rings (SSSR count). The van der Waals surface area contributed by atoms with Crippen molar-refractivity contribution in [1.29, 1.82) is 0 Å². The summed E-state index contributed by atoms with van der Waals surface area (Å²) in [5.74, 6) is -0.143. The molecule has 0 radical (unpaired) electrons. The molecule has 0 aliphatic carbocycles. The number of rotatable bonds is 6. The van der Waals surface area contributed by atoms with Crippen molar-refractivity contribution in [2.24, 2.45) is 0 Å². The second kappa shape index (κ2) is 8.11. The van der Waals surface area contributed by atoms with E-state index in [-0.39, 0.29) is 19.0 Å². The molecule has 0 spiro atoms. The van der Waals surface area contributed by atoms with Crippen molar-refractivity contribution in [2.45, 2.75) is 20.8 Å². The summed E-state index contributed by atoms with van der Waals surface area (Å²) in [5.41, 5.74) is 3.56. The van der Waals surface area contributed by atoms with E-state index in [0.29, 0.717) is 11.3 Å². The smallest absolute Gasteiger partial charge is 0.344 e. The normalized spacial score (nSPS) is 10.3. The average molecular weight is 391 g/mol. The van der Waals surface area contributed by atoms with Crippen LogP contribution in [0.2, 0.25) is 0 Å². The minimum Gasteiger partial charge on any atom is -0.481 e. The number of aryl methyl sites for hydroxylation is 3. The molecule has 0 unspecified atom stereocenters. The molecule has 2 aromatic rings. The van der Waals surface area contributed by atoms with Crippen LogP contribution >= 0.6 is 15.9 Å². The zero-order valence-electron chi connectivity index (χ0n) is 13.9. The topological polar surface area (TPSA) is 52.6 Å². The Hall–Kier alpha value is -2.14. The van der Waals surface area contributed by atoms with Crippen LogP contribution in [0.4, 0.5) is 0 Å². The van der Waals surface area contributed by atoms with Gasteiger partial charge in [-0.1, -0.05) is 45.8 Å². The number of hydrogen-bond donors (Lipinski definition) is 0. The highest BCUT2D eigenvalue weighted by atomic mass is 79.9. The van der Waals surface area contributed by atoms with Crippen LogP contribution in [0.15, 0.2) is 40.9 Å². The van der Waals surface area contributed by atoms with Gasteiger partial charge in [0.05, 0.1) is 0 Å². The summed E-state index contributed by atoms with van der Waals surface area (Å²) in [6, 6.07) is 10.9. The summed E-state index contributed by atoms with van der Waals surface area (Å²) in [6.07, 6.45) is 0. The summed E-state index contributed by atoms with van der Waals surface area (Å²) in [7, 11) is 0. The molecule has 0 saturated heterocycles. The number of esters is 1. The molecule has 0 heterocycles. The molecule has 24 heavy (non-hydrogen) atoms. The molecule has 0 N–H and O–H groups in total. The fraction of sp³-hybridized carbons (Fsp3) is 0.263. The maximum absolute atomic E-state index is 11.9. The first-order chi connectivity index (χ1) is 11.4. The van der Waals surface area contributed by atoms with Crippen molar-refractivity contribution >= 4 is 27.7 Å². The molecule has 0 saturated carbocycles. The number of ether oxygens (including phenoxy) is 2. The van der Waals surface area contributed by atoms with E-state index in [0.717, 1.165) is 21.2 Å². The van der Waals surface area contributed by atoms with Crippen LogP contribution in [0.1, 0.15) is 27.0 Å². The second-order valence-electron chi connectivity index (χ2n) is 5.61. The molecule has 5 heteroatoms. The van der Waals surface area contributed by atoms with E-state index in [1.807, 2.05) is 32.9 Å². The second-order valence-corrected chi connectivity index (χ2v) is 6.52. The molecule has 0 aromatic heterocycles. The third-order valence-electron chi connectivity index (χ3n) is 3.47. The van der Waals surface area contributed by atoms with Gasteiger partial charge in [-0.3, -0.25) is 4.79 Å². The molecular formula is C19H19BrO4. The zero-order valence-corrected chi connectivity index (χ0v) is 15.5. The lowest BCUT2D eigenvalue weighted by Gasteiger charge is -2.12. The molecule has 0 aliphatic heterocycles. The first-order valence-electron chi connectivity index (χ1n) is 7.52. The van der Waals surface area contributed by atoms with E-state index in [2.05, 4.69) is 15.9 Å². The largest absolute Gasteiger partial charge is 0.481 e. The highest BCUT2D eigenvalue weighted by molar-refractivity contribution is 9.10. The molecule has 0 bridgehead atoms. The molecule has 0 aliphatic rings. The summed E-state index contributed by atoms with van der Waals surface area (Å²) >= 11 is 3.30. The van der Waals surface area contributed by atoms with E-state index >= 15 is 0 Å². The van der Waals surface area contributed by atoms with Crippen molar-refractivity contribution in [2.75, 3.05) is 13.2 Å². The maximum atomic E-state index is 11.9. The van der Waals surface area contributed by atoms with Crippen LogP contribution in [0.25, 0.3) is 0 Å². The monoisotopic (exact) mass is 390 g/mol. The van der Waals surface area contributed by atoms with Crippen molar-refractivity contribution in [3.63, 3.8) is 0 Å². The van der Waals surface area contributed by atoms with Crippen LogP contribution in [0, 0.1) is 20.8 Å². The van der Waals surface area contributed by atoms with Gasteiger partial charge in [0.25, 0.3) is 0 Å². The van der Waals surface area contributed by atoms with Crippen LogP contribution in [0.3, 0.4) is 0 Å². The fourth-order valence-electron chi connectivity index (χ4n) is 2.43. The number of Topliss-reactive ketones (excluding diaryl/α,β-unsaturated/α-hetero) is 1. The van der Waals surface area contributed by atoms with Gasteiger partial charge in [-0.05, 0) is 44.0 Å². The molecule has 0 amide bonds. The molecular weight excluding hydrogens is 372 g/mol. The van der Waals surface area contributed by atoms with Gasteiger partial charge >= 0.3 is 5.97 Å². The van der Waals surface area contributed by atoms with Crippen LogP contribution < -0.4 is 4.74 Å². The van der Waals surface area contributed by atoms with Gasteiger partial charge in [0, 0.05) is 10.0 Å². The molecule has 126 valence electrons. The predicted octanol–water partition coefficient (Wildman–Crippen LogP) is 4.18. The molecule has 2 aromatic carbocycles. The van der Waals surface area contributed by atoms with E-state index in [4.69, 9.17) is 9.47 Å². The van der Waals surface area contributed by atoms with Gasteiger partial charge in [-0.2, -0.15) is 0 Å². The standard InChI is InChI=1S/C19H19BrO4/c1-12-8-13(2)19(14(3)9-12)24-11-18(22)23-10-17(21)15-4-6-16(20)7-5-15/h4-9H,10-11H2,1-3H3. The molecule has 0 fully saturated rings. The van der Waals surface area contributed by atoms with Crippen LogP contribution in [-0.4, -0.2) is 25.0 Å². The highest BCUT2D eigenvalue weighted by Crippen LogP contribution is 2.24. The number of halogens is 1. The van der Waals surface area contributed by atoms with Gasteiger partial charge in [0.2, 0.25) is 0 Å². The van der Waals surface area contributed by atoms with Gasteiger partial charge in [-0.25, -0.2) is 4.79 Å². The van der Waals surface area contributed by atoms with Crippen molar-refractivity contribution in [1.82, 2.24) is 0 Å². The van der Waals surface area contributed by atoms with E-state index in [1.165, 1.54) is 0 Å². The van der Waals surface area contributed by atoms with Gasteiger partial charge in [0.15, 0.2) is 19.0 Å². The van der Waals surface area contributed by atoms with Crippen molar-refractivity contribution in [3.8, 4) is 5.75 Å². The fourth-order valence-corrected chi connectivity index (χ4v) is 2.70. The SMILES string of the molecule is Cc1cc(C)c(OCC(=O)OCC(=O)c2ccc(Br)cc2)c(C)c1. The average Bonchev–Trinajstić information content (AvgIpc) is 2.52. The maximum Gasteiger partial charge on any atom is 0.344 e. The van der Waals surface area contributed by atoms with E-state index in [9.17, 15) is 9.59 Å². The summed E-state index contributed by atoms with van der Waals surface area (Å²) in [5, 5.41) is 0. The minimum absolute atomic E-state index is 0.224. The Morgan fingerprint density at radius 1 is 0.958 bits per heavy atom. The van der Waals surface area contributed by atoms with E-state index in [1.54, 1.807) is 24.3 Å². The Balaban J connectivity index is 1.86. The van der Waals surface area contributed by atoms with Gasteiger partial charge in [0.1, 0.15) is 5.75 Å². The Morgan fingerprint density at radius 2 is 1.54 bits per heavy atom. The quantitative estimate of drug-likeness (QED) is 0.548. The van der Waals surface area contributed by atoms with Crippen LogP contribution in [-0.2, 0) is 9.53 Å². The molecule has 4 nitrogen and oxygen atoms in total. The Morgan fingerprint density at radius 3 is 2.12 bits per heavy atom. The van der Waals surface area contributed by atoms with E-state index < -0.39 is 5.97 Å². The molecule has 0 atom stereocenters. The summed E-state index contributed by atoms with van der Waals surface area (Å²) in [6.45, 7) is 5.34. The van der Waals surface area contributed by atoms with Crippen molar-refractivity contribution < 1.29 is 19.1 Å². The third-order valence-corrected chi connectivity index (χ3v) is 4.00. The first kappa shape index (κ1) is 18.2. The van der Waals surface area contributed by atoms with Gasteiger partial charge in [-0.15, -0.1) is 0 Å². The zero-order chi connectivity index (χ0) is 17.7. The number of hydrogen-bond acceptors (Lipinski definition) is 4. The summed E-state index contributed by atoms with van der Waals surface area (Å²) in [4.78, 5) is 23.7. The lowest BCUT2D eigenvalue weighted by molar-refractivity contribution is -0.144. The number of ketones is 1. The first-order valence-corrected chi connectivity index (χ1v) is 8.31. The van der Waals surface area contributed by atoms with Gasteiger partial charge < -0.3 is 9.47 Å². The predicted molar refractivity (Wildman–Crippen MR) is 95.6 cm³/mol. The summed E-state index contributed by atoms with van der Waals surface area (Å²) < 4.78 is 11.4. The number of benzene rings is 2. The lowest BCUT2D eigenvalue weighted by atomic mass is 10.1. The Labute approximate surface area is 149 Å². The highest BCUT2D eigenvalue weighted by Gasteiger charge is 2.12. The third kappa shape index (κ3) is 4.93. The minimum atomic E-state index is -0.570. The van der Waals surface area contributed by atoms with Crippen LogP contribution in [0.5, 0.6) is 5.75 Å². The Bertz CT molecular complexity index is 727. The lowest BCUT2D eigenvalue weighted by Crippen LogP contribution is -2.20. The Kier molecular flexibility index (Phi) is 6.15. The van der Waals surface area contributed by atoms with Crippen molar-refractivity contribution in [3.05, 3.63) is 63.1 Å². The number of carbonyl (C=O) groups is 2.